The highest BCUT2D eigenvalue weighted by Crippen LogP contribution is 2.39. The molecule has 4 heteroatoms. The van der Waals surface area contributed by atoms with Crippen molar-refractivity contribution in [1.82, 2.24) is 0 Å². The van der Waals surface area contributed by atoms with Gasteiger partial charge in [-0.05, 0) is 62.9 Å². The second kappa shape index (κ2) is 6.43. The van der Waals surface area contributed by atoms with Crippen molar-refractivity contribution in [3.8, 4) is 11.1 Å². The van der Waals surface area contributed by atoms with E-state index in [1.165, 1.54) is 6.08 Å². The number of rotatable bonds is 3. The molecule has 2 nitrogen and oxygen atoms in total. The smallest absolute Gasteiger partial charge is 0.398 e. The molecule has 0 radical (unpaired) electrons. The maximum Gasteiger partial charge on any atom is 0.525 e. The van der Waals surface area contributed by atoms with Gasteiger partial charge in [0.05, 0.1) is 11.2 Å². The molecule has 0 saturated carbocycles. The summed E-state index contributed by atoms with van der Waals surface area (Å²) in [5.41, 5.74) is 2.55. The van der Waals surface area contributed by atoms with Crippen LogP contribution in [0.5, 0.6) is 0 Å². The van der Waals surface area contributed by atoms with Crippen LogP contribution in [0.2, 0.25) is 0 Å². The van der Waals surface area contributed by atoms with Crippen LogP contribution >= 0.6 is 0 Å². The van der Waals surface area contributed by atoms with Crippen LogP contribution in [0.25, 0.3) is 17.2 Å². The summed E-state index contributed by atoms with van der Waals surface area (Å²) in [5.74, 6) is 0. The Hall–Kier alpha value is -1.91. The van der Waals surface area contributed by atoms with Crippen molar-refractivity contribution in [1.29, 1.82) is 0 Å². The van der Waals surface area contributed by atoms with E-state index >= 15 is 0 Å². The SMILES string of the molecule is Cc1c(/C=C(\F)B2OC(C)(C)C(C)(C)O2)cccc1-c1ccccc1. The second-order valence-corrected chi connectivity index (χ2v) is 7.50. The molecule has 0 atom stereocenters. The minimum Gasteiger partial charge on any atom is -0.398 e. The van der Waals surface area contributed by atoms with Crippen LogP contribution in [0, 0.1) is 6.92 Å². The van der Waals surface area contributed by atoms with Crippen LogP contribution in [0.15, 0.2) is 54.3 Å². The average molecular weight is 338 g/mol. The zero-order chi connectivity index (χ0) is 18.2. The van der Waals surface area contributed by atoms with E-state index in [9.17, 15) is 4.39 Å². The molecule has 3 rings (SSSR count). The lowest BCUT2D eigenvalue weighted by Crippen LogP contribution is -2.41. The molecule has 1 saturated heterocycles. The fourth-order valence-electron chi connectivity index (χ4n) is 2.91. The van der Waals surface area contributed by atoms with Crippen LogP contribution in [0.4, 0.5) is 4.39 Å². The molecular weight excluding hydrogens is 314 g/mol. The van der Waals surface area contributed by atoms with E-state index in [4.69, 9.17) is 9.31 Å². The molecule has 1 heterocycles. The van der Waals surface area contributed by atoms with Gasteiger partial charge in [0.2, 0.25) is 0 Å². The first-order valence-corrected chi connectivity index (χ1v) is 8.59. The van der Waals surface area contributed by atoms with Gasteiger partial charge in [-0.25, -0.2) is 4.39 Å². The van der Waals surface area contributed by atoms with Gasteiger partial charge in [0.15, 0.2) is 0 Å². The number of hydrogen-bond donors (Lipinski definition) is 0. The Balaban J connectivity index is 1.92. The monoisotopic (exact) mass is 338 g/mol. The van der Waals surface area contributed by atoms with Gasteiger partial charge in [0.1, 0.15) is 5.73 Å². The largest absolute Gasteiger partial charge is 0.525 e. The van der Waals surface area contributed by atoms with E-state index in [0.717, 1.165) is 22.3 Å². The Morgan fingerprint density at radius 2 is 1.52 bits per heavy atom. The van der Waals surface area contributed by atoms with Crippen molar-refractivity contribution < 1.29 is 13.7 Å². The maximum absolute atomic E-state index is 14.8. The van der Waals surface area contributed by atoms with Gasteiger partial charge < -0.3 is 9.31 Å². The third kappa shape index (κ3) is 3.42. The quantitative estimate of drug-likeness (QED) is 0.678. The zero-order valence-corrected chi connectivity index (χ0v) is 15.5. The Labute approximate surface area is 149 Å². The molecule has 1 aliphatic rings. The standard InChI is InChI=1S/C21H24BFO2/c1-15-17(12-9-13-18(15)16-10-7-6-8-11-16)14-19(23)22-24-20(2,3)21(4,5)25-22/h6-14H,1-5H3/b19-14-. The van der Waals surface area contributed by atoms with Gasteiger partial charge in [0, 0.05) is 0 Å². The summed E-state index contributed by atoms with van der Waals surface area (Å²) in [6.45, 7) is 9.68. The van der Waals surface area contributed by atoms with E-state index in [1.54, 1.807) is 0 Å². The summed E-state index contributed by atoms with van der Waals surface area (Å²) in [6, 6.07) is 16.0. The third-order valence-electron chi connectivity index (χ3n) is 5.23. The molecule has 25 heavy (non-hydrogen) atoms. The first kappa shape index (κ1) is 17.9. The molecule has 0 spiro atoms. The summed E-state index contributed by atoms with van der Waals surface area (Å²) >= 11 is 0. The van der Waals surface area contributed by atoms with E-state index in [0.29, 0.717) is 0 Å². The van der Waals surface area contributed by atoms with Crippen molar-refractivity contribution in [2.45, 2.75) is 45.8 Å². The summed E-state index contributed by atoms with van der Waals surface area (Å²) in [6.07, 6.45) is 1.52. The predicted molar refractivity (Wildman–Crippen MR) is 102 cm³/mol. The lowest BCUT2D eigenvalue weighted by atomic mass is 9.85. The van der Waals surface area contributed by atoms with E-state index in [2.05, 4.69) is 18.2 Å². The van der Waals surface area contributed by atoms with E-state index < -0.39 is 24.0 Å². The van der Waals surface area contributed by atoms with Crippen molar-refractivity contribution in [3.63, 3.8) is 0 Å². The van der Waals surface area contributed by atoms with Gasteiger partial charge in [-0.1, -0.05) is 48.5 Å². The molecule has 0 amide bonds. The lowest BCUT2D eigenvalue weighted by Gasteiger charge is -2.32. The van der Waals surface area contributed by atoms with Gasteiger partial charge in [-0.15, -0.1) is 0 Å². The minimum absolute atomic E-state index is 0.410. The molecule has 1 fully saturated rings. The highest BCUT2D eigenvalue weighted by molar-refractivity contribution is 6.54. The fourth-order valence-corrected chi connectivity index (χ4v) is 2.91. The summed E-state index contributed by atoms with van der Waals surface area (Å²) in [7, 11) is -0.968. The van der Waals surface area contributed by atoms with Crippen molar-refractivity contribution in [2.75, 3.05) is 0 Å². The summed E-state index contributed by atoms with van der Waals surface area (Å²) in [4.78, 5) is 0. The van der Waals surface area contributed by atoms with Crippen molar-refractivity contribution >= 4 is 13.2 Å². The van der Waals surface area contributed by atoms with Crippen LogP contribution in [0.3, 0.4) is 0 Å². The number of benzene rings is 2. The third-order valence-corrected chi connectivity index (χ3v) is 5.23. The van der Waals surface area contributed by atoms with E-state index in [-0.39, 0.29) is 0 Å². The molecule has 0 aliphatic carbocycles. The minimum atomic E-state index is -0.968. The Morgan fingerprint density at radius 1 is 0.920 bits per heavy atom. The lowest BCUT2D eigenvalue weighted by molar-refractivity contribution is 0.00578. The van der Waals surface area contributed by atoms with Crippen molar-refractivity contribution in [2.24, 2.45) is 0 Å². The molecule has 0 N–H and O–H groups in total. The van der Waals surface area contributed by atoms with E-state index in [1.807, 2.05) is 65.0 Å². The number of hydrogen-bond acceptors (Lipinski definition) is 2. The Bertz CT molecular complexity index is 781. The molecule has 0 bridgehead atoms. The molecule has 0 aromatic heterocycles. The first-order chi connectivity index (χ1) is 11.7. The van der Waals surface area contributed by atoms with Crippen LogP contribution in [0.1, 0.15) is 38.8 Å². The van der Waals surface area contributed by atoms with Gasteiger partial charge in [-0.3, -0.25) is 0 Å². The fraction of sp³-hybridized carbons (Fsp3) is 0.333. The summed E-state index contributed by atoms with van der Waals surface area (Å²) in [5, 5.41) is 0. The highest BCUT2D eigenvalue weighted by Gasteiger charge is 2.53. The normalized spacial score (nSPS) is 19.3. The maximum atomic E-state index is 14.8. The topological polar surface area (TPSA) is 18.5 Å². The molecule has 130 valence electrons. The molecule has 2 aromatic rings. The van der Waals surface area contributed by atoms with Crippen LogP contribution < -0.4 is 0 Å². The molecule has 0 unspecified atom stereocenters. The Morgan fingerprint density at radius 3 is 2.12 bits per heavy atom. The second-order valence-electron chi connectivity index (χ2n) is 7.50. The average Bonchev–Trinajstić information content (AvgIpc) is 2.78. The summed E-state index contributed by atoms with van der Waals surface area (Å²) < 4.78 is 26.4. The molecular formula is C21H24BFO2. The Kier molecular flexibility index (Phi) is 4.61. The molecule has 2 aromatic carbocycles. The van der Waals surface area contributed by atoms with Gasteiger partial charge in [0.25, 0.3) is 0 Å². The van der Waals surface area contributed by atoms with Gasteiger partial charge >= 0.3 is 7.12 Å². The van der Waals surface area contributed by atoms with Gasteiger partial charge in [-0.2, -0.15) is 0 Å². The van der Waals surface area contributed by atoms with Crippen molar-refractivity contribution in [3.05, 3.63) is 65.4 Å². The zero-order valence-electron chi connectivity index (χ0n) is 15.5. The number of halogens is 1. The predicted octanol–water partition coefficient (Wildman–Crippen LogP) is 5.60. The molecule has 1 aliphatic heterocycles. The highest BCUT2D eigenvalue weighted by atomic mass is 19.1. The van der Waals surface area contributed by atoms with Crippen LogP contribution in [-0.4, -0.2) is 18.3 Å². The van der Waals surface area contributed by atoms with Crippen LogP contribution in [-0.2, 0) is 9.31 Å². The first-order valence-electron chi connectivity index (χ1n) is 8.59.